The molecule has 0 aliphatic rings. The zero-order valence-corrected chi connectivity index (χ0v) is 9.47. The summed E-state index contributed by atoms with van der Waals surface area (Å²) in [5.41, 5.74) is 1.85. The summed E-state index contributed by atoms with van der Waals surface area (Å²) < 4.78 is 10.0. The molecule has 88 valence electrons. The molecule has 1 aromatic heterocycles. The molecule has 4 heteroatoms. The van der Waals surface area contributed by atoms with E-state index in [1.54, 1.807) is 12.1 Å². The number of rotatable bonds is 3. The molecule has 1 N–H and O–H groups in total. The Hall–Kier alpha value is -2.23. The van der Waals surface area contributed by atoms with E-state index in [2.05, 4.69) is 5.32 Å². The van der Waals surface area contributed by atoms with Gasteiger partial charge < -0.3 is 9.15 Å². The first kappa shape index (κ1) is 11.3. The second kappa shape index (κ2) is 5.21. The maximum absolute atomic E-state index is 11.4. The third-order valence-corrected chi connectivity index (χ3v) is 2.22. The predicted octanol–water partition coefficient (Wildman–Crippen LogP) is 3.34. The van der Waals surface area contributed by atoms with Crippen molar-refractivity contribution in [3.05, 3.63) is 54.0 Å². The number of amides is 1. The minimum Gasteiger partial charge on any atom is -0.466 e. The molecule has 0 saturated heterocycles. The number of hydrogen-bond acceptors (Lipinski definition) is 3. The highest BCUT2D eigenvalue weighted by Gasteiger charge is 2.04. The molecule has 0 radical (unpaired) electrons. The van der Waals surface area contributed by atoms with E-state index in [9.17, 15) is 4.79 Å². The van der Waals surface area contributed by atoms with Crippen LogP contribution in [0.25, 0.3) is 0 Å². The van der Waals surface area contributed by atoms with E-state index in [-0.39, 0.29) is 6.61 Å². The maximum atomic E-state index is 11.4. The first-order valence-corrected chi connectivity index (χ1v) is 5.27. The smallest absolute Gasteiger partial charge is 0.412 e. The van der Waals surface area contributed by atoms with Crippen molar-refractivity contribution in [2.45, 2.75) is 13.5 Å². The molecular weight excluding hydrogens is 218 g/mol. The summed E-state index contributed by atoms with van der Waals surface area (Å²) in [6, 6.07) is 11.0. The lowest BCUT2D eigenvalue weighted by Gasteiger charge is -2.05. The SMILES string of the molecule is Cc1ccc(NC(=O)OCc2ccco2)cc1. The molecule has 17 heavy (non-hydrogen) atoms. The van der Waals surface area contributed by atoms with Gasteiger partial charge in [0.25, 0.3) is 0 Å². The van der Waals surface area contributed by atoms with Gasteiger partial charge in [0.15, 0.2) is 6.61 Å². The van der Waals surface area contributed by atoms with Gasteiger partial charge in [-0.15, -0.1) is 0 Å². The minimum absolute atomic E-state index is 0.130. The van der Waals surface area contributed by atoms with Crippen LogP contribution in [0, 0.1) is 6.92 Å². The molecule has 0 unspecified atom stereocenters. The molecule has 0 fully saturated rings. The Bertz CT molecular complexity index is 474. The van der Waals surface area contributed by atoms with E-state index in [0.717, 1.165) is 5.56 Å². The largest absolute Gasteiger partial charge is 0.466 e. The van der Waals surface area contributed by atoms with Crippen molar-refractivity contribution in [1.82, 2.24) is 0 Å². The van der Waals surface area contributed by atoms with E-state index in [4.69, 9.17) is 9.15 Å². The van der Waals surface area contributed by atoms with Crippen LogP contribution in [0.2, 0.25) is 0 Å². The number of nitrogens with one attached hydrogen (secondary N) is 1. The average molecular weight is 231 g/mol. The Morgan fingerprint density at radius 2 is 2.06 bits per heavy atom. The molecule has 2 rings (SSSR count). The Morgan fingerprint density at radius 3 is 2.71 bits per heavy atom. The molecule has 0 aliphatic carbocycles. The van der Waals surface area contributed by atoms with Crippen LogP contribution in [0.3, 0.4) is 0 Å². The van der Waals surface area contributed by atoms with Gasteiger partial charge in [-0.3, -0.25) is 5.32 Å². The normalized spacial score (nSPS) is 9.94. The maximum Gasteiger partial charge on any atom is 0.412 e. The highest BCUT2D eigenvalue weighted by atomic mass is 16.6. The fourth-order valence-corrected chi connectivity index (χ4v) is 1.32. The zero-order valence-electron chi connectivity index (χ0n) is 9.47. The lowest BCUT2D eigenvalue weighted by Crippen LogP contribution is -2.13. The predicted molar refractivity (Wildman–Crippen MR) is 63.7 cm³/mol. The van der Waals surface area contributed by atoms with Crippen molar-refractivity contribution < 1.29 is 13.9 Å². The summed E-state index contributed by atoms with van der Waals surface area (Å²) in [5.74, 6) is 0.615. The van der Waals surface area contributed by atoms with Gasteiger partial charge in [-0.1, -0.05) is 17.7 Å². The standard InChI is InChI=1S/C13H13NO3/c1-10-4-6-11(7-5-10)14-13(15)17-9-12-3-2-8-16-12/h2-8H,9H2,1H3,(H,14,15). The molecule has 0 aliphatic heterocycles. The monoisotopic (exact) mass is 231 g/mol. The molecule has 2 aromatic rings. The van der Waals surface area contributed by atoms with Gasteiger partial charge in [0.05, 0.1) is 6.26 Å². The molecule has 0 atom stereocenters. The van der Waals surface area contributed by atoms with E-state index in [1.807, 2.05) is 31.2 Å². The van der Waals surface area contributed by atoms with Gasteiger partial charge in [0.1, 0.15) is 5.76 Å². The lowest BCUT2D eigenvalue weighted by molar-refractivity contribution is 0.146. The Morgan fingerprint density at radius 1 is 1.29 bits per heavy atom. The molecule has 0 bridgehead atoms. The molecule has 1 amide bonds. The van der Waals surface area contributed by atoms with E-state index in [1.165, 1.54) is 6.26 Å². The quantitative estimate of drug-likeness (QED) is 0.881. The molecule has 0 saturated carbocycles. The summed E-state index contributed by atoms with van der Waals surface area (Å²) in [7, 11) is 0. The van der Waals surface area contributed by atoms with Gasteiger partial charge in [-0.2, -0.15) is 0 Å². The van der Waals surface area contributed by atoms with Gasteiger partial charge in [0.2, 0.25) is 0 Å². The Kier molecular flexibility index (Phi) is 3.45. The third kappa shape index (κ3) is 3.38. The fourth-order valence-electron chi connectivity index (χ4n) is 1.32. The van der Waals surface area contributed by atoms with Crippen LogP contribution in [0.5, 0.6) is 0 Å². The summed E-state index contributed by atoms with van der Waals surface area (Å²) in [6.07, 6.45) is 1.04. The number of furan rings is 1. The Labute approximate surface area is 99.2 Å². The number of anilines is 1. The second-order valence-electron chi connectivity index (χ2n) is 3.65. The summed E-state index contributed by atoms with van der Waals surface area (Å²) in [6.45, 7) is 2.11. The first-order valence-electron chi connectivity index (χ1n) is 5.27. The van der Waals surface area contributed by atoms with Crippen molar-refractivity contribution in [3.8, 4) is 0 Å². The number of aryl methyl sites for hydroxylation is 1. The summed E-state index contributed by atoms with van der Waals surface area (Å²) in [5, 5.41) is 2.63. The summed E-state index contributed by atoms with van der Waals surface area (Å²) >= 11 is 0. The molecule has 0 spiro atoms. The van der Waals surface area contributed by atoms with Crippen molar-refractivity contribution in [2.24, 2.45) is 0 Å². The van der Waals surface area contributed by atoms with Crippen LogP contribution in [0.4, 0.5) is 10.5 Å². The van der Waals surface area contributed by atoms with Crippen LogP contribution >= 0.6 is 0 Å². The third-order valence-electron chi connectivity index (χ3n) is 2.22. The number of carbonyl (C=O) groups is 1. The molecule has 4 nitrogen and oxygen atoms in total. The highest BCUT2D eigenvalue weighted by molar-refractivity contribution is 5.84. The fraction of sp³-hybridized carbons (Fsp3) is 0.154. The van der Waals surface area contributed by atoms with Gasteiger partial charge in [-0.25, -0.2) is 4.79 Å². The topological polar surface area (TPSA) is 51.5 Å². The van der Waals surface area contributed by atoms with Crippen molar-refractivity contribution in [3.63, 3.8) is 0 Å². The summed E-state index contributed by atoms with van der Waals surface area (Å²) in [4.78, 5) is 11.4. The van der Waals surface area contributed by atoms with Crippen LogP contribution in [-0.2, 0) is 11.3 Å². The number of ether oxygens (including phenoxy) is 1. The molecule has 1 heterocycles. The second-order valence-corrected chi connectivity index (χ2v) is 3.65. The Balaban J connectivity index is 1.83. The van der Waals surface area contributed by atoms with Crippen molar-refractivity contribution in [1.29, 1.82) is 0 Å². The van der Waals surface area contributed by atoms with Gasteiger partial charge in [-0.05, 0) is 31.2 Å². The van der Waals surface area contributed by atoms with Gasteiger partial charge >= 0.3 is 6.09 Å². The van der Waals surface area contributed by atoms with E-state index in [0.29, 0.717) is 11.4 Å². The van der Waals surface area contributed by atoms with Crippen LogP contribution in [-0.4, -0.2) is 6.09 Å². The number of carbonyl (C=O) groups excluding carboxylic acids is 1. The van der Waals surface area contributed by atoms with Crippen molar-refractivity contribution >= 4 is 11.8 Å². The van der Waals surface area contributed by atoms with E-state index >= 15 is 0 Å². The van der Waals surface area contributed by atoms with Gasteiger partial charge in [0, 0.05) is 5.69 Å². The van der Waals surface area contributed by atoms with Crippen LogP contribution in [0.1, 0.15) is 11.3 Å². The van der Waals surface area contributed by atoms with Crippen LogP contribution < -0.4 is 5.32 Å². The van der Waals surface area contributed by atoms with Crippen LogP contribution in [0.15, 0.2) is 47.1 Å². The highest BCUT2D eigenvalue weighted by Crippen LogP contribution is 2.09. The zero-order chi connectivity index (χ0) is 12.1. The number of hydrogen-bond donors (Lipinski definition) is 1. The minimum atomic E-state index is -0.495. The number of benzene rings is 1. The first-order chi connectivity index (χ1) is 8.24. The molecular formula is C13H13NO3. The van der Waals surface area contributed by atoms with Crippen molar-refractivity contribution in [2.75, 3.05) is 5.32 Å². The lowest BCUT2D eigenvalue weighted by atomic mass is 10.2. The van der Waals surface area contributed by atoms with E-state index < -0.39 is 6.09 Å². The average Bonchev–Trinajstić information content (AvgIpc) is 2.83. The molecule has 1 aromatic carbocycles.